The van der Waals surface area contributed by atoms with Crippen LogP contribution in [-0.2, 0) is 0 Å². The summed E-state index contributed by atoms with van der Waals surface area (Å²) in [6, 6.07) is 11.3. The Bertz CT molecular complexity index is 960. The summed E-state index contributed by atoms with van der Waals surface area (Å²) in [5, 5.41) is 22.1. The molecule has 3 aromatic rings. The number of tetrazole rings is 1. The Kier molecular flexibility index (Phi) is 5.62. The monoisotopic (exact) mass is 385 g/mol. The molecule has 0 aliphatic carbocycles. The van der Waals surface area contributed by atoms with Gasteiger partial charge in [-0.3, -0.25) is 4.79 Å². The fraction of sp³-hybridized carbons (Fsp3) is 0.118. The van der Waals surface area contributed by atoms with Gasteiger partial charge in [-0.1, -0.05) is 23.7 Å². The molecule has 9 nitrogen and oxygen atoms in total. The molecule has 2 aromatic carbocycles. The van der Waals surface area contributed by atoms with Crippen LogP contribution in [0.4, 0.5) is 16.2 Å². The Balaban J connectivity index is 1.77. The third kappa shape index (κ3) is 4.79. The van der Waals surface area contributed by atoms with Gasteiger partial charge in [-0.25, -0.2) is 4.79 Å². The highest BCUT2D eigenvalue weighted by Gasteiger charge is 2.11. The van der Waals surface area contributed by atoms with E-state index in [1.807, 2.05) is 0 Å². The number of aromatic amines is 1. The zero-order valence-electron chi connectivity index (χ0n) is 14.3. The van der Waals surface area contributed by atoms with Crippen LogP contribution in [0.15, 0.2) is 42.5 Å². The van der Waals surface area contributed by atoms with Crippen molar-refractivity contribution in [1.82, 2.24) is 25.9 Å². The topological polar surface area (TPSA) is 125 Å². The van der Waals surface area contributed by atoms with Crippen molar-refractivity contribution >= 4 is 34.9 Å². The average Bonchev–Trinajstić information content (AvgIpc) is 3.16. The number of rotatable bonds is 5. The standard InChI is InChI=1S/C17H16ClN7O2/c1-2-19-17(27)21-14-8-11(6-12(18)9-14)16(26)20-13-5-3-4-10(7-13)15-22-24-25-23-15/h3-9H,2H2,1H3,(H,20,26)(H2,19,21,27)(H,22,23,24,25). The largest absolute Gasteiger partial charge is 0.338 e. The first kappa shape index (κ1) is 18.3. The summed E-state index contributed by atoms with van der Waals surface area (Å²) in [6.45, 7) is 2.29. The molecule has 0 radical (unpaired) electrons. The molecule has 0 saturated heterocycles. The highest BCUT2D eigenvalue weighted by molar-refractivity contribution is 6.31. The van der Waals surface area contributed by atoms with Gasteiger partial charge in [0.05, 0.1) is 0 Å². The zero-order valence-corrected chi connectivity index (χ0v) is 15.0. The molecule has 4 N–H and O–H groups in total. The molecule has 1 heterocycles. The number of carbonyl (C=O) groups is 2. The quantitative estimate of drug-likeness (QED) is 0.537. The Morgan fingerprint density at radius 1 is 1.11 bits per heavy atom. The van der Waals surface area contributed by atoms with Crippen molar-refractivity contribution in [2.24, 2.45) is 0 Å². The number of H-pyrrole nitrogens is 1. The van der Waals surface area contributed by atoms with Crippen molar-refractivity contribution < 1.29 is 9.59 Å². The van der Waals surface area contributed by atoms with Crippen LogP contribution in [0.2, 0.25) is 5.02 Å². The van der Waals surface area contributed by atoms with Gasteiger partial charge in [0.25, 0.3) is 5.91 Å². The Hall–Kier alpha value is -3.46. The number of anilines is 2. The van der Waals surface area contributed by atoms with E-state index in [1.54, 1.807) is 43.3 Å². The number of hydrogen-bond acceptors (Lipinski definition) is 5. The number of hydrogen-bond donors (Lipinski definition) is 4. The van der Waals surface area contributed by atoms with Gasteiger partial charge in [0, 0.05) is 34.1 Å². The van der Waals surface area contributed by atoms with E-state index in [0.717, 1.165) is 0 Å². The second-order valence-electron chi connectivity index (χ2n) is 5.48. The Labute approximate surface area is 159 Å². The van der Waals surface area contributed by atoms with E-state index < -0.39 is 0 Å². The maximum atomic E-state index is 12.6. The Morgan fingerprint density at radius 3 is 2.70 bits per heavy atom. The molecular weight excluding hydrogens is 370 g/mol. The van der Waals surface area contributed by atoms with E-state index >= 15 is 0 Å². The number of nitrogens with one attached hydrogen (secondary N) is 4. The minimum Gasteiger partial charge on any atom is -0.338 e. The lowest BCUT2D eigenvalue weighted by Gasteiger charge is -2.10. The molecule has 10 heteroatoms. The lowest BCUT2D eigenvalue weighted by Crippen LogP contribution is -2.28. The number of nitrogens with zero attached hydrogens (tertiary/aromatic N) is 3. The van der Waals surface area contributed by atoms with Crippen LogP contribution in [0.25, 0.3) is 11.4 Å². The highest BCUT2D eigenvalue weighted by Crippen LogP contribution is 2.22. The van der Waals surface area contributed by atoms with Crippen LogP contribution in [0.3, 0.4) is 0 Å². The summed E-state index contributed by atoms with van der Waals surface area (Å²) in [7, 11) is 0. The zero-order chi connectivity index (χ0) is 19.2. The van der Waals surface area contributed by atoms with Crippen molar-refractivity contribution in [2.75, 3.05) is 17.2 Å². The summed E-state index contributed by atoms with van der Waals surface area (Å²) >= 11 is 6.07. The van der Waals surface area contributed by atoms with Gasteiger partial charge in [0.2, 0.25) is 5.82 Å². The molecule has 0 aliphatic rings. The van der Waals surface area contributed by atoms with E-state index in [1.165, 1.54) is 6.07 Å². The van der Waals surface area contributed by atoms with Crippen molar-refractivity contribution in [2.45, 2.75) is 6.92 Å². The van der Waals surface area contributed by atoms with Crippen molar-refractivity contribution in [3.63, 3.8) is 0 Å². The molecule has 0 saturated carbocycles. The van der Waals surface area contributed by atoms with E-state index in [0.29, 0.717) is 39.9 Å². The van der Waals surface area contributed by atoms with E-state index in [4.69, 9.17) is 11.6 Å². The smallest absolute Gasteiger partial charge is 0.319 e. The van der Waals surface area contributed by atoms with Crippen LogP contribution in [0.5, 0.6) is 0 Å². The third-order valence-corrected chi connectivity index (χ3v) is 3.70. The molecule has 0 bridgehead atoms. The van der Waals surface area contributed by atoms with Crippen molar-refractivity contribution in [1.29, 1.82) is 0 Å². The van der Waals surface area contributed by atoms with Crippen molar-refractivity contribution in [3.8, 4) is 11.4 Å². The van der Waals surface area contributed by atoms with Gasteiger partial charge in [-0.15, -0.1) is 10.2 Å². The summed E-state index contributed by atoms with van der Waals surface area (Å²) in [5.74, 6) is 0.0454. The first-order valence-corrected chi connectivity index (χ1v) is 8.43. The molecule has 0 atom stereocenters. The van der Waals surface area contributed by atoms with Gasteiger partial charge in [0.15, 0.2) is 0 Å². The van der Waals surface area contributed by atoms with Crippen molar-refractivity contribution in [3.05, 3.63) is 53.1 Å². The van der Waals surface area contributed by atoms with E-state index in [9.17, 15) is 9.59 Å². The average molecular weight is 386 g/mol. The number of carbonyl (C=O) groups excluding carboxylic acids is 2. The summed E-state index contributed by atoms with van der Waals surface area (Å²) in [6.07, 6.45) is 0. The summed E-state index contributed by atoms with van der Waals surface area (Å²) in [5.41, 5.74) is 1.98. The predicted molar refractivity (Wildman–Crippen MR) is 102 cm³/mol. The van der Waals surface area contributed by atoms with Crippen LogP contribution < -0.4 is 16.0 Å². The van der Waals surface area contributed by atoms with E-state index in [-0.39, 0.29) is 11.9 Å². The number of aromatic nitrogens is 4. The van der Waals surface area contributed by atoms with Gasteiger partial charge in [-0.05, 0) is 42.5 Å². The molecule has 27 heavy (non-hydrogen) atoms. The molecule has 0 unspecified atom stereocenters. The number of amides is 3. The lowest BCUT2D eigenvalue weighted by molar-refractivity contribution is 0.102. The highest BCUT2D eigenvalue weighted by atomic mass is 35.5. The van der Waals surface area contributed by atoms with Crippen LogP contribution >= 0.6 is 11.6 Å². The molecule has 0 aliphatic heterocycles. The van der Waals surface area contributed by atoms with Gasteiger partial charge in [0.1, 0.15) is 0 Å². The number of benzene rings is 2. The maximum absolute atomic E-state index is 12.6. The lowest BCUT2D eigenvalue weighted by atomic mass is 10.1. The summed E-state index contributed by atoms with van der Waals surface area (Å²) in [4.78, 5) is 24.2. The molecule has 0 spiro atoms. The fourth-order valence-electron chi connectivity index (χ4n) is 2.35. The predicted octanol–water partition coefficient (Wildman–Crippen LogP) is 2.91. The maximum Gasteiger partial charge on any atom is 0.319 e. The first-order chi connectivity index (χ1) is 13.0. The van der Waals surface area contributed by atoms with E-state index in [2.05, 4.69) is 36.6 Å². The van der Waals surface area contributed by atoms with Crippen LogP contribution in [0.1, 0.15) is 17.3 Å². The van der Waals surface area contributed by atoms with Gasteiger partial charge in [-0.2, -0.15) is 5.21 Å². The first-order valence-electron chi connectivity index (χ1n) is 8.06. The molecule has 138 valence electrons. The minimum absolute atomic E-state index is 0.305. The normalized spacial score (nSPS) is 10.3. The van der Waals surface area contributed by atoms with Gasteiger partial charge < -0.3 is 16.0 Å². The third-order valence-electron chi connectivity index (χ3n) is 3.48. The molecule has 3 amide bonds. The number of urea groups is 1. The minimum atomic E-state index is -0.376. The second-order valence-corrected chi connectivity index (χ2v) is 5.92. The SMILES string of the molecule is CCNC(=O)Nc1cc(Cl)cc(C(=O)Nc2cccc(-c3nn[nH]n3)c2)c1. The second kappa shape index (κ2) is 8.28. The molecule has 3 rings (SSSR count). The fourth-order valence-corrected chi connectivity index (χ4v) is 2.59. The molecule has 0 fully saturated rings. The summed E-state index contributed by atoms with van der Waals surface area (Å²) < 4.78 is 0. The molecule has 1 aromatic heterocycles. The van der Waals surface area contributed by atoms with Gasteiger partial charge >= 0.3 is 6.03 Å². The number of halogens is 1. The van der Waals surface area contributed by atoms with Crippen LogP contribution in [0, 0.1) is 0 Å². The molecular formula is C17H16ClN7O2. The Morgan fingerprint density at radius 2 is 1.96 bits per heavy atom. The van der Waals surface area contributed by atoms with Crippen LogP contribution in [-0.4, -0.2) is 39.1 Å².